The van der Waals surface area contributed by atoms with Crippen molar-refractivity contribution >= 4 is 17.2 Å². The van der Waals surface area contributed by atoms with Gasteiger partial charge in [0.1, 0.15) is 5.82 Å². The van der Waals surface area contributed by atoms with Crippen molar-refractivity contribution in [3.8, 4) is 5.75 Å². The number of Topliss-reactive ketones (excluding diaryl/α,β-unsaturated/α-hetero) is 1. The van der Waals surface area contributed by atoms with E-state index in [9.17, 15) is 29.4 Å². The number of benzene rings is 2. The van der Waals surface area contributed by atoms with Crippen molar-refractivity contribution < 1.29 is 23.8 Å². The Labute approximate surface area is 134 Å². The number of nitro benzene ring substituents is 2. The predicted molar refractivity (Wildman–Crippen MR) is 80.7 cm³/mol. The van der Waals surface area contributed by atoms with Crippen LogP contribution in [0.2, 0.25) is 0 Å². The van der Waals surface area contributed by atoms with Crippen LogP contribution in [0.1, 0.15) is 15.9 Å². The average molecular weight is 334 g/mol. The first-order valence-corrected chi connectivity index (χ1v) is 6.64. The summed E-state index contributed by atoms with van der Waals surface area (Å²) in [6.45, 7) is 0.906. The summed E-state index contributed by atoms with van der Waals surface area (Å²) in [5.74, 6) is -1.78. The molecule has 0 atom stereocenters. The molecule has 0 amide bonds. The summed E-state index contributed by atoms with van der Waals surface area (Å²) in [6.07, 6.45) is 0. The topological polar surface area (TPSA) is 113 Å². The lowest BCUT2D eigenvalue weighted by molar-refractivity contribution is -0.385. The summed E-state index contributed by atoms with van der Waals surface area (Å²) in [7, 11) is 0. The highest BCUT2D eigenvalue weighted by molar-refractivity contribution is 5.98. The third-order valence-corrected chi connectivity index (χ3v) is 3.21. The summed E-state index contributed by atoms with van der Waals surface area (Å²) in [5.41, 5.74) is -0.304. The molecule has 0 spiro atoms. The lowest BCUT2D eigenvalue weighted by atomic mass is 10.1. The highest BCUT2D eigenvalue weighted by atomic mass is 19.1. The van der Waals surface area contributed by atoms with E-state index in [0.29, 0.717) is 5.56 Å². The van der Waals surface area contributed by atoms with Gasteiger partial charge < -0.3 is 4.74 Å². The minimum absolute atomic E-state index is 0.0198. The molecular weight excluding hydrogens is 323 g/mol. The maximum absolute atomic E-state index is 13.2. The van der Waals surface area contributed by atoms with Crippen LogP contribution in [0.25, 0.3) is 0 Å². The van der Waals surface area contributed by atoms with Crippen molar-refractivity contribution in [2.75, 3.05) is 6.61 Å². The maximum atomic E-state index is 13.2. The van der Waals surface area contributed by atoms with Gasteiger partial charge in [-0.15, -0.1) is 0 Å². The largest absolute Gasteiger partial charge is 0.478 e. The number of ether oxygens (including phenoxy) is 1. The van der Waals surface area contributed by atoms with Crippen molar-refractivity contribution in [1.29, 1.82) is 0 Å². The molecule has 0 aliphatic heterocycles. The summed E-state index contributed by atoms with van der Waals surface area (Å²) >= 11 is 0. The van der Waals surface area contributed by atoms with Gasteiger partial charge in [-0.1, -0.05) is 12.1 Å². The standard InChI is InChI=1S/C15H11FN2O6/c1-9-2-3-10(6-13(9)18(22)23)14(19)8-24-15-7-11(16)4-5-12(15)17(20)21/h2-7H,8H2,1H3. The van der Waals surface area contributed by atoms with Crippen LogP contribution in [0.3, 0.4) is 0 Å². The number of rotatable bonds is 6. The molecule has 0 aliphatic carbocycles. The molecular formula is C15H11FN2O6. The Hall–Kier alpha value is -3.36. The van der Waals surface area contributed by atoms with Gasteiger partial charge >= 0.3 is 5.69 Å². The van der Waals surface area contributed by atoms with Crippen molar-refractivity contribution in [2.24, 2.45) is 0 Å². The SMILES string of the molecule is Cc1ccc(C(=O)COc2cc(F)ccc2[N+](=O)[O-])cc1[N+](=O)[O-]. The molecule has 0 aromatic heterocycles. The highest BCUT2D eigenvalue weighted by Gasteiger charge is 2.19. The van der Waals surface area contributed by atoms with Crippen molar-refractivity contribution in [2.45, 2.75) is 6.92 Å². The first-order chi connectivity index (χ1) is 11.3. The first-order valence-electron chi connectivity index (χ1n) is 6.64. The lowest BCUT2D eigenvalue weighted by Gasteiger charge is -2.07. The van der Waals surface area contributed by atoms with Crippen LogP contribution in [0.15, 0.2) is 36.4 Å². The Morgan fingerprint density at radius 3 is 2.38 bits per heavy atom. The zero-order chi connectivity index (χ0) is 17.9. The molecule has 0 bridgehead atoms. The van der Waals surface area contributed by atoms with Gasteiger partial charge in [-0.3, -0.25) is 25.0 Å². The molecule has 2 aromatic rings. The Balaban J connectivity index is 2.20. The normalized spacial score (nSPS) is 10.2. The van der Waals surface area contributed by atoms with Crippen LogP contribution >= 0.6 is 0 Å². The number of carbonyl (C=O) groups is 1. The van der Waals surface area contributed by atoms with Gasteiger partial charge in [-0.2, -0.15) is 0 Å². The Bertz CT molecular complexity index is 837. The summed E-state index contributed by atoms with van der Waals surface area (Å²) in [5, 5.41) is 21.7. The molecule has 0 N–H and O–H groups in total. The molecule has 24 heavy (non-hydrogen) atoms. The van der Waals surface area contributed by atoms with E-state index in [1.165, 1.54) is 19.1 Å². The molecule has 0 aliphatic rings. The second-order valence-electron chi connectivity index (χ2n) is 4.84. The van der Waals surface area contributed by atoms with Crippen LogP contribution in [0.4, 0.5) is 15.8 Å². The molecule has 0 saturated heterocycles. The number of hydrogen-bond acceptors (Lipinski definition) is 6. The van der Waals surface area contributed by atoms with Gasteiger partial charge in [0, 0.05) is 29.3 Å². The molecule has 2 aromatic carbocycles. The van der Waals surface area contributed by atoms with Gasteiger partial charge in [0.05, 0.1) is 9.85 Å². The van der Waals surface area contributed by atoms with Crippen LogP contribution in [-0.2, 0) is 0 Å². The molecule has 0 saturated carbocycles. The van der Waals surface area contributed by atoms with E-state index in [0.717, 1.165) is 24.3 Å². The monoisotopic (exact) mass is 334 g/mol. The van der Waals surface area contributed by atoms with Crippen molar-refractivity contribution in [1.82, 2.24) is 0 Å². The number of aryl methyl sites for hydroxylation is 1. The van der Waals surface area contributed by atoms with E-state index < -0.39 is 39.5 Å². The molecule has 124 valence electrons. The zero-order valence-electron chi connectivity index (χ0n) is 12.4. The number of halogens is 1. The van der Waals surface area contributed by atoms with E-state index in [1.807, 2.05) is 0 Å². The molecule has 0 fully saturated rings. The molecule has 0 radical (unpaired) electrons. The fraction of sp³-hybridized carbons (Fsp3) is 0.133. The number of nitrogens with zero attached hydrogens (tertiary/aromatic N) is 2. The Morgan fingerprint density at radius 1 is 1.08 bits per heavy atom. The van der Waals surface area contributed by atoms with Crippen LogP contribution in [-0.4, -0.2) is 22.2 Å². The summed E-state index contributed by atoms with van der Waals surface area (Å²) < 4.78 is 18.2. The van der Waals surface area contributed by atoms with E-state index in [-0.39, 0.29) is 11.3 Å². The molecule has 0 unspecified atom stereocenters. The molecule has 2 rings (SSSR count). The van der Waals surface area contributed by atoms with Crippen molar-refractivity contribution in [3.63, 3.8) is 0 Å². The fourth-order valence-corrected chi connectivity index (χ4v) is 1.96. The van der Waals surface area contributed by atoms with E-state index in [1.54, 1.807) is 0 Å². The van der Waals surface area contributed by atoms with Crippen LogP contribution in [0.5, 0.6) is 5.75 Å². The van der Waals surface area contributed by atoms with E-state index in [4.69, 9.17) is 4.74 Å². The Kier molecular flexibility index (Phi) is 4.83. The van der Waals surface area contributed by atoms with E-state index >= 15 is 0 Å². The summed E-state index contributed by atoms with van der Waals surface area (Å²) in [6, 6.07) is 6.51. The van der Waals surface area contributed by atoms with Gasteiger partial charge in [0.25, 0.3) is 5.69 Å². The molecule has 8 nitrogen and oxygen atoms in total. The lowest BCUT2D eigenvalue weighted by Crippen LogP contribution is -2.13. The molecule has 9 heteroatoms. The fourth-order valence-electron chi connectivity index (χ4n) is 1.96. The number of carbonyl (C=O) groups excluding carboxylic acids is 1. The van der Waals surface area contributed by atoms with Gasteiger partial charge in [0.2, 0.25) is 0 Å². The quantitative estimate of drug-likeness (QED) is 0.455. The van der Waals surface area contributed by atoms with Gasteiger partial charge in [0.15, 0.2) is 18.1 Å². The smallest absolute Gasteiger partial charge is 0.311 e. The Morgan fingerprint density at radius 2 is 1.75 bits per heavy atom. The number of ketones is 1. The van der Waals surface area contributed by atoms with Crippen LogP contribution in [0, 0.1) is 33.0 Å². The predicted octanol–water partition coefficient (Wildman–Crippen LogP) is 3.21. The maximum Gasteiger partial charge on any atom is 0.311 e. The highest BCUT2D eigenvalue weighted by Crippen LogP contribution is 2.27. The minimum Gasteiger partial charge on any atom is -0.478 e. The van der Waals surface area contributed by atoms with Gasteiger partial charge in [-0.05, 0) is 13.0 Å². The van der Waals surface area contributed by atoms with Crippen LogP contribution < -0.4 is 4.74 Å². The van der Waals surface area contributed by atoms with Crippen molar-refractivity contribution in [3.05, 3.63) is 73.6 Å². The number of nitro groups is 2. The summed E-state index contributed by atoms with van der Waals surface area (Å²) in [4.78, 5) is 32.4. The van der Waals surface area contributed by atoms with Gasteiger partial charge in [-0.25, -0.2) is 4.39 Å². The average Bonchev–Trinajstić information content (AvgIpc) is 2.52. The third kappa shape index (κ3) is 3.69. The second kappa shape index (κ2) is 6.82. The zero-order valence-corrected chi connectivity index (χ0v) is 12.4. The first kappa shape index (κ1) is 17.0. The third-order valence-electron chi connectivity index (χ3n) is 3.21. The van der Waals surface area contributed by atoms with E-state index in [2.05, 4.69) is 0 Å². The molecule has 0 heterocycles. The minimum atomic E-state index is -0.768. The second-order valence-corrected chi connectivity index (χ2v) is 4.84. The number of hydrogen-bond donors (Lipinski definition) is 0.